The maximum atomic E-state index is 5.55. The average Bonchev–Trinajstić information content (AvgIpc) is 2.70. The summed E-state index contributed by atoms with van der Waals surface area (Å²) in [5, 5.41) is 0. The number of ether oxygens (including phenoxy) is 1. The maximum absolute atomic E-state index is 5.55. The van der Waals surface area contributed by atoms with Gasteiger partial charge < -0.3 is 14.9 Å². The topological polar surface area (TPSA) is 48.4 Å². The SMILES string of the molecule is Nc1ccc(OCc2ccoc2)cc1. The van der Waals surface area contributed by atoms with Gasteiger partial charge in [0, 0.05) is 11.3 Å². The second kappa shape index (κ2) is 3.87. The quantitative estimate of drug-likeness (QED) is 0.754. The molecule has 1 heterocycles. The minimum atomic E-state index is 0.514. The number of furan rings is 1. The van der Waals surface area contributed by atoms with Gasteiger partial charge in [-0.3, -0.25) is 0 Å². The van der Waals surface area contributed by atoms with Crippen LogP contribution in [0.1, 0.15) is 5.56 Å². The van der Waals surface area contributed by atoms with Crippen molar-refractivity contribution in [2.75, 3.05) is 5.73 Å². The van der Waals surface area contributed by atoms with Crippen molar-refractivity contribution < 1.29 is 9.15 Å². The summed E-state index contributed by atoms with van der Waals surface area (Å²) in [6, 6.07) is 9.18. The van der Waals surface area contributed by atoms with Crippen LogP contribution in [0.15, 0.2) is 47.3 Å². The van der Waals surface area contributed by atoms with Crippen molar-refractivity contribution in [3.8, 4) is 5.75 Å². The van der Waals surface area contributed by atoms with E-state index in [9.17, 15) is 0 Å². The van der Waals surface area contributed by atoms with E-state index in [2.05, 4.69) is 0 Å². The van der Waals surface area contributed by atoms with Crippen molar-refractivity contribution in [3.05, 3.63) is 48.4 Å². The number of anilines is 1. The molecule has 1 aromatic carbocycles. The van der Waals surface area contributed by atoms with Gasteiger partial charge in [-0.25, -0.2) is 0 Å². The Labute approximate surface area is 82.1 Å². The second-order valence-electron chi connectivity index (χ2n) is 2.99. The van der Waals surface area contributed by atoms with Crippen molar-refractivity contribution in [2.24, 2.45) is 0 Å². The molecule has 3 nitrogen and oxygen atoms in total. The number of benzene rings is 1. The lowest BCUT2D eigenvalue weighted by molar-refractivity contribution is 0.305. The molecule has 2 aromatic rings. The number of rotatable bonds is 3. The Bertz CT molecular complexity index is 378. The van der Waals surface area contributed by atoms with Crippen LogP contribution in [0.5, 0.6) is 5.75 Å². The van der Waals surface area contributed by atoms with Crippen molar-refractivity contribution in [1.82, 2.24) is 0 Å². The average molecular weight is 189 g/mol. The maximum Gasteiger partial charge on any atom is 0.119 e. The normalized spacial score (nSPS) is 10.0. The van der Waals surface area contributed by atoms with Gasteiger partial charge in [0.15, 0.2) is 0 Å². The Morgan fingerprint density at radius 1 is 1.14 bits per heavy atom. The summed E-state index contributed by atoms with van der Waals surface area (Å²) in [6.45, 7) is 0.514. The minimum absolute atomic E-state index is 0.514. The molecule has 0 fully saturated rings. The number of nitrogen functional groups attached to an aromatic ring is 1. The third kappa shape index (κ3) is 2.07. The van der Waals surface area contributed by atoms with Crippen LogP contribution >= 0.6 is 0 Å². The molecular weight excluding hydrogens is 178 g/mol. The molecule has 2 rings (SSSR count). The molecule has 0 radical (unpaired) electrons. The lowest BCUT2D eigenvalue weighted by Crippen LogP contribution is -1.93. The fraction of sp³-hybridized carbons (Fsp3) is 0.0909. The molecule has 0 aliphatic carbocycles. The molecule has 0 aliphatic rings. The van der Waals surface area contributed by atoms with E-state index in [4.69, 9.17) is 14.9 Å². The van der Waals surface area contributed by atoms with Crippen molar-refractivity contribution in [1.29, 1.82) is 0 Å². The first-order valence-electron chi connectivity index (χ1n) is 4.34. The highest BCUT2D eigenvalue weighted by Gasteiger charge is 1.96. The first kappa shape index (κ1) is 8.69. The van der Waals surface area contributed by atoms with Crippen molar-refractivity contribution in [2.45, 2.75) is 6.61 Å². The zero-order chi connectivity index (χ0) is 9.80. The summed E-state index contributed by atoms with van der Waals surface area (Å²) in [5.41, 5.74) is 7.30. The van der Waals surface area contributed by atoms with Crippen LogP contribution in [-0.4, -0.2) is 0 Å². The molecule has 0 unspecified atom stereocenters. The van der Waals surface area contributed by atoms with Crippen molar-refractivity contribution >= 4 is 5.69 Å². The summed E-state index contributed by atoms with van der Waals surface area (Å²) in [6.07, 6.45) is 3.29. The molecule has 0 amide bonds. The Balaban J connectivity index is 1.95. The van der Waals surface area contributed by atoms with E-state index < -0.39 is 0 Å². The molecule has 0 bridgehead atoms. The van der Waals surface area contributed by atoms with Gasteiger partial charge in [-0.1, -0.05) is 0 Å². The number of hydrogen-bond donors (Lipinski definition) is 1. The third-order valence-corrected chi connectivity index (χ3v) is 1.87. The predicted octanol–water partition coefficient (Wildman–Crippen LogP) is 2.44. The van der Waals surface area contributed by atoms with Crippen LogP contribution in [0, 0.1) is 0 Å². The van der Waals surface area contributed by atoms with Crippen LogP contribution in [-0.2, 0) is 6.61 Å². The van der Waals surface area contributed by atoms with E-state index in [-0.39, 0.29) is 0 Å². The van der Waals surface area contributed by atoms with Gasteiger partial charge in [-0.2, -0.15) is 0 Å². The smallest absolute Gasteiger partial charge is 0.119 e. The van der Waals surface area contributed by atoms with Gasteiger partial charge in [0.1, 0.15) is 12.4 Å². The Morgan fingerprint density at radius 3 is 2.57 bits per heavy atom. The van der Waals surface area contributed by atoms with E-state index in [1.165, 1.54) is 0 Å². The predicted molar refractivity (Wildman–Crippen MR) is 53.9 cm³/mol. The van der Waals surface area contributed by atoms with E-state index in [0.717, 1.165) is 17.0 Å². The highest BCUT2D eigenvalue weighted by Crippen LogP contribution is 2.14. The van der Waals surface area contributed by atoms with E-state index in [1.54, 1.807) is 12.5 Å². The molecule has 0 saturated carbocycles. The Morgan fingerprint density at radius 2 is 1.93 bits per heavy atom. The second-order valence-corrected chi connectivity index (χ2v) is 2.99. The summed E-state index contributed by atoms with van der Waals surface area (Å²) < 4.78 is 10.4. The van der Waals surface area contributed by atoms with Crippen molar-refractivity contribution in [3.63, 3.8) is 0 Å². The lowest BCUT2D eigenvalue weighted by Gasteiger charge is -2.03. The summed E-state index contributed by atoms with van der Waals surface area (Å²) in [7, 11) is 0. The molecule has 14 heavy (non-hydrogen) atoms. The highest BCUT2D eigenvalue weighted by molar-refractivity contribution is 5.41. The van der Waals surface area contributed by atoms with Gasteiger partial charge in [-0.05, 0) is 30.3 Å². The first-order valence-corrected chi connectivity index (χ1v) is 4.34. The zero-order valence-electron chi connectivity index (χ0n) is 7.64. The first-order chi connectivity index (χ1) is 6.84. The van der Waals surface area contributed by atoms with E-state index >= 15 is 0 Å². The fourth-order valence-corrected chi connectivity index (χ4v) is 1.11. The molecule has 0 saturated heterocycles. The molecule has 1 aromatic heterocycles. The van der Waals surface area contributed by atoms with Gasteiger partial charge in [-0.15, -0.1) is 0 Å². The van der Waals surface area contributed by atoms with Crippen LogP contribution in [0.4, 0.5) is 5.69 Å². The molecule has 0 atom stereocenters. The van der Waals surface area contributed by atoms with Crippen LogP contribution in [0.3, 0.4) is 0 Å². The Kier molecular flexibility index (Phi) is 2.40. The van der Waals surface area contributed by atoms with Gasteiger partial charge in [0.2, 0.25) is 0 Å². The number of hydrogen-bond acceptors (Lipinski definition) is 3. The van der Waals surface area contributed by atoms with E-state index in [1.807, 2.05) is 30.3 Å². The molecular formula is C11H11NO2. The third-order valence-electron chi connectivity index (χ3n) is 1.87. The van der Waals surface area contributed by atoms with Crippen LogP contribution < -0.4 is 10.5 Å². The van der Waals surface area contributed by atoms with Crippen LogP contribution in [0.2, 0.25) is 0 Å². The standard InChI is InChI=1S/C11H11NO2/c12-10-1-3-11(4-2-10)14-8-9-5-6-13-7-9/h1-7H,8,12H2. The molecule has 0 spiro atoms. The molecule has 3 heteroatoms. The fourth-order valence-electron chi connectivity index (χ4n) is 1.11. The van der Waals surface area contributed by atoms with Gasteiger partial charge >= 0.3 is 0 Å². The molecule has 72 valence electrons. The summed E-state index contributed by atoms with van der Waals surface area (Å²) in [4.78, 5) is 0. The van der Waals surface area contributed by atoms with Gasteiger partial charge in [0.05, 0.1) is 12.5 Å². The van der Waals surface area contributed by atoms with Crippen LogP contribution in [0.25, 0.3) is 0 Å². The highest BCUT2D eigenvalue weighted by atomic mass is 16.5. The summed E-state index contributed by atoms with van der Waals surface area (Å²) >= 11 is 0. The Hall–Kier alpha value is -1.90. The molecule has 2 N–H and O–H groups in total. The van der Waals surface area contributed by atoms with E-state index in [0.29, 0.717) is 6.61 Å². The summed E-state index contributed by atoms with van der Waals surface area (Å²) in [5.74, 6) is 0.806. The number of nitrogens with two attached hydrogens (primary N) is 1. The minimum Gasteiger partial charge on any atom is -0.489 e. The monoisotopic (exact) mass is 189 g/mol. The lowest BCUT2D eigenvalue weighted by atomic mass is 10.3. The molecule has 0 aliphatic heterocycles. The zero-order valence-corrected chi connectivity index (χ0v) is 7.64. The van der Waals surface area contributed by atoms with Gasteiger partial charge in [0.25, 0.3) is 0 Å². The largest absolute Gasteiger partial charge is 0.489 e.